The average molecular weight is 432 g/mol. The number of ether oxygens (including phenoxy) is 1. The lowest BCUT2D eigenvalue weighted by Gasteiger charge is -2.03. The number of carbonyl (C=O) groups excluding carboxylic acids is 1. The predicted molar refractivity (Wildman–Crippen MR) is 106 cm³/mol. The van der Waals surface area contributed by atoms with Gasteiger partial charge in [0.05, 0.1) is 25.7 Å². The first kappa shape index (κ1) is 19.2. The summed E-state index contributed by atoms with van der Waals surface area (Å²) >= 11 is 7.10. The minimum atomic E-state index is -0.221. The Labute approximate surface area is 173 Å². The number of hydrogen-bond acceptors (Lipinski definition) is 9. The van der Waals surface area contributed by atoms with Gasteiger partial charge in [-0.1, -0.05) is 16.9 Å². The maximum absolute atomic E-state index is 12.2. The highest BCUT2D eigenvalue weighted by Gasteiger charge is 2.13. The van der Waals surface area contributed by atoms with E-state index >= 15 is 0 Å². The number of aromatic amines is 1. The van der Waals surface area contributed by atoms with E-state index in [-0.39, 0.29) is 23.5 Å². The van der Waals surface area contributed by atoms with E-state index < -0.39 is 0 Å². The van der Waals surface area contributed by atoms with Crippen LogP contribution in [0.2, 0.25) is 5.28 Å². The summed E-state index contributed by atoms with van der Waals surface area (Å²) in [5.41, 5.74) is 1.87. The van der Waals surface area contributed by atoms with Gasteiger partial charge in [-0.3, -0.25) is 4.79 Å². The van der Waals surface area contributed by atoms with Crippen molar-refractivity contribution in [3.63, 3.8) is 0 Å². The molecule has 0 saturated heterocycles. The standard InChI is InChI=1S/C17H14ClN7O3S/c1-27-10-4-2-9(3-5-10)14-22-12(28-25-14)6-19-11(26)7-29-16-13-15(21-8-20-13)23-17(18)24-16/h2-5,8H,6-7H2,1H3,(H,19,26)(H,20,21,23,24). The number of H-pyrrole nitrogens is 1. The summed E-state index contributed by atoms with van der Waals surface area (Å²) in [4.78, 5) is 31.5. The monoisotopic (exact) mass is 431 g/mol. The molecule has 29 heavy (non-hydrogen) atoms. The van der Waals surface area contributed by atoms with E-state index in [1.165, 1.54) is 18.1 Å². The van der Waals surface area contributed by atoms with Crippen LogP contribution < -0.4 is 10.1 Å². The minimum absolute atomic E-state index is 0.0735. The van der Waals surface area contributed by atoms with Gasteiger partial charge in [0.2, 0.25) is 22.9 Å². The summed E-state index contributed by atoms with van der Waals surface area (Å²) in [6.45, 7) is 0.118. The molecular formula is C17H14ClN7O3S. The SMILES string of the molecule is COc1ccc(-c2noc(CNC(=O)CSc3nc(Cl)nc4nc[nH]c34)n2)cc1. The summed E-state index contributed by atoms with van der Waals surface area (Å²) in [6, 6.07) is 7.26. The second kappa shape index (κ2) is 8.45. The Balaban J connectivity index is 1.33. The highest BCUT2D eigenvalue weighted by atomic mass is 35.5. The first-order valence-corrected chi connectivity index (χ1v) is 9.72. The smallest absolute Gasteiger partial charge is 0.246 e. The second-order valence-corrected chi connectivity index (χ2v) is 7.01. The zero-order valence-electron chi connectivity index (χ0n) is 15.0. The van der Waals surface area contributed by atoms with Gasteiger partial charge in [-0.25, -0.2) is 9.97 Å². The fourth-order valence-corrected chi connectivity index (χ4v) is 3.46. The third kappa shape index (κ3) is 4.46. The van der Waals surface area contributed by atoms with Crippen molar-refractivity contribution in [1.82, 2.24) is 35.4 Å². The molecule has 0 radical (unpaired) electrons. The Morgan fingerprint density at radius 3 is 2.90 bits per heavy atom. The highest BCUT2D eigenvalue weighted by Crippen LogP contribution is 2.24. The maximum atomic E-state index is 12.2. The number of aromatic nitrogens is 6. The van der Waals surface area contributed by atoms with E-state index in [4.69, 9.17) is 20.9 Å². The van der Waals surface area contributed by atoms with Crippen molar-refractivity contribution < 1.29 is 14.1 Å². The Bertz CT molecular complexity index is 1150. The summed E-state index contributed by atoms with van der Waals surface area (Å²) in [5, 5.41) is 7.28. The fourth-order valence-electron chi connectivity index (χ4n) is 2.43. The van der Waals surface area contributed by atoms with Crippen LogP contribution in [0.4, 0.5) is 0 Å². The summed E-state index contributed by atoms with van der Waals surface area (Å²) in [6.07, 6.45) is 1.50. The first-order valence-electron chi connectivity index (χ1n) is 8.35. The number of nitrogens with one attached hydrogen (secondary N) is 2. The molecule has 4 rings (SSSR count). The Morgan fingerprint density at radius 2 is 2.10 bits per heavy atom. The van der Waals surface area contributed by atoms with Crippen molar-refractivity contribution in [2.75, 3.05) is 12.9 Å². The number of fused-ring (bicyclic) bond motifs is 1. The van der Waals surface area contributed by atoms with Gasteiger partial charge in [0.15, 0.2) is 5.65 Å². The number of hydrogen-bond donors (Lipinski definition) is 2. The Kier molecular flexibility index (Phi) is 5.58. The number of amides is 1. The van der Waals surface area contributed by atoms with Gasteiger partial charge in [-0.2, -0.15) is 9.97 Å². The summed E-state index contributed by atoms with van der Waals surface area (Å²) in [5.74, 6) is 1.38. The van der Waals surface area contributed by atoms with E-state index in [0.29, 0.717) is 27.9 Å². The Morgan fingerprint density at radius 1 is 1.28 bits per heavy atom. The number of rotatable bonds is 7. The van der Waals surface area contributed by atoms with Gasteiger partial charge in [-0.15, -0.1) is 0 Å². The quantitative estimate of drug-likeness (QED) is 0.257. The third-order valence-electron chi connectivity index (χ3n) is 3.82. The van der Waals surface area contributed by atoms with E-state index in [9.17, 15) is 4.79 Å². The number of halogens is 1. The zero-order chi connectivity index (χ0) is 20.2. The first-order chi connectivity index (χ1) is 14.1. The molecule has 0 spiro atoms. The molecule has 1 amide bonds. The van der Waals surface area contributed by atoms with Gasteiger partial charge in [0.1, 0.15) is 16.3 Å². The molecule has 1 aromatic carbocycles. The normalized spacial score (nSPS) is 11.0. The van der Waals surface area contributed by atoms with Crippen LogP contribution in [-0.2, 0) is 11.3 Å². The summed E-state index contributed by atoms with van der Waals surface area (Å²) in [7, 11) is 1.60. The van der Waals surface area contributed by atoms with Crippen molar-refractivity contribution in [3.05, 3.63) is 41.8 Å². The van der Waals surface area contributed by atoms with E-state index in [1.807, 2.05) is 12.1 Å². The van der Waals surface area contributed by atoms with Gasteiger partial charge in [0, 0.05) is 5.56 Å². The van der Waals surface area contributed by atoms with Crippen molar-refractivity contribution in [2.45, 2.75) is 11.6 Å². The molecule has 0 saturated carbocycles. The zero-order valence-corrected chi connectivity index (χ0v) is 16.6. The van der Waals surface area contributed by atoms with Gasteiger partial charge < -0.3 is 19.6 Å². The molecule has 12 heteroatoms. The van der Waals surface area contributed by atoms with Crippen molar-refractivity contribution >= 4 is 40.4 Å². The largest absolute Gasteiger partial charge is 0.497 e. The molecule has 0 aliphatic carbocycles. The number of thioether (sulfide) groups is 1. The molecule has 148 valence electrons. The van der Waals surface area contributed by atoms with Crippen molar-refractivity contribution in [3.8, 4) is 17.1 Å². The molecule has 3 aromatic heterocycles. The van der Waals surface area contributed by atoms with Crippen molar-refractivity contribution in [2.24, 2.45) is 0 Å². The third-order valence-corrected chi connectivity index (χ3v) is 4.96. The van der Waals surface area contributed by atoms with Crippen LogP contribution >= 0.6 is 23.4 Å². The number of carbonyl (C=O) groups is 1. The number of nitrogens with zero attached hydrogens (tertiary/aromatic N) is 5. The molecule has 0 bridgehead atoms. The summed E-state index contributed by atoms with van der Waals surface area (Å²) < 4.78 is 10.3. The molecule has 10 nitrogen and oxygen atoms in total. The van der Waals surface area contributed by atoms with E-state index in [0.717, 1.165) is 11.3 Å². The Hall–Kier alpha value is -3.18. The lowest BCUT2D eigenvalue weighted by molar-refractivity contribution is -0.118. The molecule has 0 atom stereocenters. The molecule has 0 aliphatic rings. The fraction of sp³-hybridized carbons (Fsp3) is 0.176. The van der Waals surface area contributed by atoms with Crippen LogP contribution in [-0.4, -0.2) is 48.8 Å². The minimum Gasteiger partial charge on any atom is -0.497 e. The number of benzene rings is 1. The number of imidazole rings is 1. The maximum Gasteiger partial charge on any atom is 0.246 e. The molecule has 3 heterocycles. The molecule has 2 N–H and O–H groups in total. The lowest BCUT2D eigenvalue weighted by Crippen LogP contribution is -2.24. The molecule has 0 unspecified atom stereocenters. The van der Waals surface area contributed by atoms with Crippen LogP contribution in [0, 0.1) is 0 Å². The predicted octanol–water partition coefficient (Wildman–Crippen LogP) is 2.47. The van der Waals surface area contributed by atoms with Crippen LogP contribution in [0.15, 0.2) is 40.1 Å². The highest BCUT2D eigenvalue weighted by molar-refractivity contribution is 8.00. The average Bonchev–Trinajstić information content (AvgIpc) is 3.40. The van der Waals surface area contributed by atoms with Gasteiger partial charge in [0.25, 0.3) is 0 Å². The van der Waals surface area contributed by atoms with E-state index in [2.05, 4.69) is 35.4 Å². The molecular weight excluding hydrogens is 418 g/mol. The lowest BCUT2D eigenvalue weighted by atomic mass is 10.2. The molecule has 4 aromatic rings. The second-order valence-electron chi connectivity index (χ2n) is 5.70. The van der Waals surface area contributed by atoms with Gasteiger partial charge >= 0.3 is 0 Å². The van der Waals surface area contributed by atoms with Crippen LogP contribution in [0.5, 0.6) is 5.75 Å². The van der Waals surface area contributed by atoms with Crippen molar-refractivity contribution in [1.29, 1.82) is 0 Å². The van der Waals surface area contributed by atoms with E-state index in [1.54, 1.807) is 19.2 Å². The van der Waals surface area contributed by atoms with Gasteiger partial charge in [-0.05, 0) is 35.9 Å². The van der Waals surface area contributed by atoms with Crippen LogP contribution in [0.1, 0.15) is 5.89 Å². The number of methoxy groups -OCH3 is 1. The topological polar surface area (TPSA) is 132 Å². The van der Waals surface area contributed by atoms with Crippen LogP contribution in [0.25, 0.3) is 22.6 Å². The van der Waals surface area contributed by atoms with Crippen LogP contribution in [0.3, 0.4) is 0 Å². The molecule has 0 aliphatic heterocycles. The molecule has 0 fully saturated rings.